The Morgan fingerprint density at radius 3 is 2.53 bits per heavy atom. The Hall–Kier alpha value is -4.01. The van der Waals surface area contributed by atoms with Crippen LogP contribution in [0.5, 0.6) is 5.75 Å². The molecule has 2 heterocycles. The van der Waals surface area contributed by atoms with Gasteiger partial charge in [-0.25, -0.2) is 9.97 Å². The van der Waals surface area contributed by atoms with Gasteiger partial charge in [0, 0.05) is 49.6 Å². The number of carbonyl (C=O) groups is 1. The lowest BCUT2D eigenvalue weighted by molar-refractivity contribution is -0.385. The van der Waals surface area contributed by atoms with Gasteiger partial charge in [0.15, 0.2) is 11.6 Å². The first-order valence-electron chi connectivity index (χ1n) is 10.4. The number of piperazine rings is 1. The summed E-state index contributed by atoms with van der Waals surface area (Å²) in [4.78, 5) is 36.6. The third-order valence-corrected chi connectivity index (χ3v) is 5.27. The maximum Gasteiger partial charge on any atom is 0.311 e. The normalized spacial score (nSPS) is 13.7. The summed E-state index contributed by atoms with van der Waals surface area (Å²) in [5.74, 6) is 1.39. The Morgan fingerprint density at radius 2 is 1.84 bits per heavy atom. The van der Waals surface area contributed by atoms with Crippen LogP contribution in [-0.4, -0.2) is 58.5 Å². The van der Waals surface area contributed by atoms with Crippen LogP contribution in [0.25, 0.3) is 11.4 Å². The summed E-state index contributed by atoms with van der Waals surface area (Å²) >= 11 is 0. The summed E-state index contributed by atoms with van der Waals surface area (Å²) in [5.41, 5.74) is 1.02. The number of amides is 1. The predicted molar refractivity (Wildman–Crippen MR) is 120 cm³/mol. The molecule has 0 saturated carbocycles. The van der Waals surface area contributed by atoms with Gasteiger partial charge in [0.05, 0.1) is 11.5 Å². The standard InChI is InChI=1S/C23H23N5O4/c1-2-32-20-9-8-18(16-19(20)28(30)31)23(29)27-14-12-26(13-15-27)21-10-11-24-22(25-21)17-6-4-3-5-7-17/h3-11,16H,2,12-15H2,1H3. The van der Waals surface area contributed by atoms with Gasteiger partial charge < -0.3 is 14.5 Å². The molecule has 3 aromatic rings. The van der Waals surface area contributed by atoms with Crippen molar-refractivity contribution in [2.75, 3.05) is 37.7 Å². The summed E-state index contributed by atoms with van der Waals surface area (Å²) in [7, 11) is 0. The molecule has 0 aliphatic carbocycles. The smallest absolute Gasteiger partial charge is 0.311 e. The molecule has 9 nitrogen and oxygen atoms in total. The largest absolute Gasteiger partial charge is 0.487 e. The molecule has 1 saturated heterocycles. The second-order valence-electron chi connectivity index (χ2n) is 7.26. The van der Waals surface area contributed by atoms with E-state index >= 15 is 0 Å². The third kappa shape index (κ3) is 4.51. The predicted octanol–water partition coefficient (Wildman–Crippen LogP) is 3.41. The SMILES string of the molecule is CCOc1ccc(C(=O)N2CCN(c3ccnc(-c4ccccc4)n3)CC2)cc1[N+](=O)[O-]. The number of nitrogens with zero attached hydrogens (tertiary/aromatic N) is 5. The lowest BCUT2D eigenvalue weighted by Gasteiger charge is -2.35. The molecule has 32 heavy (non-hydrogen) atoms. The zero-order valence-electron chi connectivity index (χ0n) is 17.7. The zero-order chi connectivity index (χ0) is 22.5. The molecule has 0 spiro atoms. The van der Waals surface area contributed by atoms with Crippen LogP contribution in [0.3, 0.4) is 0 Å². The number of anilines is 1. The highest BCUT2D eigenvalue weighted by Crippen LogP contribution is 2.29. The number of nitro groups is 1. The van der Waals surface area contributed by atoms with Crippen LogP contribution in [0.4, 0.5) is 11.5 Å². The van der Waals surface area contributed by atoms with Gasteiger partial charge in [-0.05, 0) is 25.1 Å². The van der Waals surface area contributed by atoms with Gasteiger partial charge in [-0.15, -0.1) is 0 Å². The van der Waals surface area contributed by atoms with E-state index in [4.69, 9.17) is 4.74 Å². The van der Waals surface area contributed by atoms with E-state index in [0.29, 0.717) is 38.6 Å². The van der Waals surface area contributed by atoms with Gasteiger partial charge in [-0.1, -0.05) is 30.3 Å². The highest BCUT2D eigenvalue weighted by molar-refractivity contribution is 5.95. The lowest BCUT2D eigenvalue weighted by Crippen LogP contribution is -2.49. The van der Waals surface area contributed by atoms with Crippen LogP contribution < -0.4 is 9.64 Å². The average molecular weight is 433 g/mol. The maximum atomic E-state index is 12.9. The molecule has 0 unspecified atom stereocenters. The van der Waals surface area contributed by atoms with Gasteiger partial charge in [-0.2, -0.15) is 0 Å². The summed E-state index contributed by atoms with van der Waals surface area (Å²) in [5, 5.41) is 11.4. The molecule has 0 bridgehead atoms. The molecule has 0 N–H and O–H groups in total. The van der Waals surface area contributed by atoms with Crippen LogP contribution in [-0.2, 0) is 0 Å². The second kappa shape index (κ2) is 9.42. The molecule has 2 aromatic carbocycles. The third-order valence-electron chi connectivity index (χ3n) is 5.27. The van der Waals surface area contributed by atoms with Crippen LogP contribution in [0.2, 0.25) is 0 Å². The molecular weight excluding hydrogens is 410 g/mol. The van der Waals surface area contributed by atoms with Gasteiger partial charge in [-0.3, -0.25) is 14.9 Å². The molecule has 1 fully saturated rings. The average Bonchev–Trinajstić information content (AvgIpc) is 2.84. The molecule has 0 atom stereocenters. The van der Waals surface area contributed by atoms with Gasteiger partial charge >= 0.3 is 5.69 Å². The molecule has 164 valence electrons. The number of rotatable bonds is 6. The Kier molecular flexibility index (Phi) is 6.25. The minimum atomic E-state index is -0.529. The van der Waals surface area contributed by atoms with Crippen molar-refractivity contribution in [1.29, 1.82) is 0 Å². The molecule has 1 aliphatic heterocycles. The fourth-order valence-electron chi connectivity index (χ4n) is 3.64. The first kappa shape index (κ1) is 21.2. The van der Waals surface area contributed by atoms with E-state index in [9.17, 15) is 14.9 Å². The zero-order valence-corrected chi connectivity index (χ0v) is 17.7. The second-order valence-corrected chi connectivity index (χ2v) is 7.26. The molecule has 9 heteroatoms. The fourth-order valence-corrected chi connectivity index (χ4v) is 3.64. The van der Waals surface area contributed by atoms with E-state index in [1.165, 1.54) is 12.1 Å². The highest BCUT2D eigenvalue weighted by atomic mass is 16.6. The highest BCUT2D eigenvalue weighted by Gasteiger charge is 2.25. The molecule has 4 rings (SSSR count). The minimum Gasteiger partial charge on any atom is -0.487 e. The number of hydrogen-bond acceptors (Lipinski definition) is 7. The lowest BCUT2D eigenvalue weighted by atomic mass is 10.1. The number of hydrogen-bond donors (Lipinski definition) is 0. The van der Waals surface area contributed by atoms with E-state index in [1.807, 2.05) is 36.4 Å². The number of aromatic nitrogens is 2. The molecule has 1 aromatic heterocycles. The van der Waals surface area contributed by atoms with Crippen molar-refractivity contribution in [3.8, 4) is 17.1 Å². The first-order valence-corrected chi connectivity index (χ1v) is 10.4. The summed E-state index contributed by atoms with van der Waals surface area (Å²) in [6, 6.07) is 16.0. The fraction of sp³-hybridized carbons (Fsp3) is 0.261. The molecular formula is C23H23N5O4. The number of ether oxygens (including phenoxy) is 1. The molecule has 1 aliphatic rings. The van der Waals surface area contributed by atoms with Crippen molar-refractivity contribution in [3.05, 3.63) is 76.5 Å². The van der Waals surface area contributed by atoms with E-state index in [0.717, 1.165) is 11.4 Å². The first-order chi connectivity index (χ1) is 15.6. The Labute approximate surface area is 185 Å². The van der Waals surface area contributed by atoms with Crippen molar-refractivity contribution in [2.24, 2.45) is 0 Å². The van der Waals surface area contributed by atoms with E-state index in [-0.39, 0.29) is 22.9 Å². The van der Waals surface area contributed by atoms with Gasteiger partial charge in [0.1, 0.15) is 5.82 Å². The maximum absolute atomic E-state index is 12.9. The van der Waals surface area contributed by atoms with Gasteiger partial charge in [0.2, 0.25) is 0 Å². The summed E-state index contributed by atoms with van der Waals surface area (Å²) < 4.78 is 5.30. The van der Waals surface area contributed by atoms with Crippen LogP contribution in [0.15, 0.2) is 60.8 Å². The number of carbonyl (C=O) groups excluding carboxylic acids is 1. The van der Waals surface area contributed by atoms with Crippen LogP contribution >= 0.6 is 0 Å². The number of benzene rings is 2. The monoisotopic (exact) mass is 433 g/mol. The van der Waals surface area contributed by atoms with Crippen LogP contribution in [0.1, 0.15) is 17.3 Å². The molecule has 0 radical (unpaired) electrons. The quantitative estimate of drug-likeness (QED) is 0.434. The van der Waals surface area contributed by atoms with Crippen molar-refractivity contribution in [3.63, 3.8) is 0 Å². The minimum absolute atomic E-state index is 0.164. The number of nitro benzene ring substituents is 1. The van der Waals surface area contributed by atoms with Gasteiger partial charge in [0.25, 0.3) is 5.91 Å². The van der Waals surface area contributed by atoms with Crippen LogP contribution in [0, 0.1) is 10.1 Å². The topological polar surface area (TPSA) is 102 Å². The van der Waals surface area contributed by atoms with E-state index in [2.05, 4.69) is 14.9 Å². The molecule has 1 amide bonds. The summed E-state index contributed by atoms with van der Waals surface area (Å²) in [6.45, 7) is 4.26. The van der Waals surface area contributed by atoms with Crippen molar-refractivity contribution in [2.45, 2.75) is 6.92 Å². The van der Waals surface area contributed by atoms with Crippen molar-refractivity contribution in [1.82, 2.24) is 14.9 Å². The Morgan fingerprint density at radius 1 is 1.09 bits per heavy atom. The summed E-state index contributed by atoms with van der Waals surface area (Å²) in [6.07, 6.45) is 1.74. The Bertz CT molecular complexity index is 1110. The van der Waals surface area contributed by atoms with Crippen molar-refractivity contribution < 1.29 is 14.5 Å². The van der Waals surface area contributed by atoms with E-state index in [1.54, 1.807) is 24.1 Å². The Balaban J connectivity index is 1.45. The van der Waals surface area contributed by atoms with Crippen molar-refractivity contribution >= 4 is 17.4 Å². The van der Waals surface area contributed by atoms with E-state index < -0.39 is 4.92 Å².